The van der Waals surface area contributed by atoms with Crippen molar-refractivity contribution in [1.82, 2.24) is 0 Å². The average Bonchev–Trinajstić information content (AvgIpc) is 4.29. The van der Waals surface area contributed by atoms with Gasteiger partial charge < -0.3 is 8.96 Å². The number of fused-ring (bicyclic) bond motifs is 30. The van der Waals surface area contributed by atoms with Gasteiger partial charge in [-0.05, 0) is 102 Å². The molecule has 18 rings (SSSR count). The molecule has 0 saturated heterocycles. The van der Waals surface area contributed by atoms with E-state index in [4.69, 9.17) is 0 Å². The van der Waals surface area contributed by atoms with Crippen molar-refractivity contribution >= 4 is 45.3 Å². The summed E-state index contributed by atoms with van der Waals surface area (Å²) in [6.07, 6.45) is 1.99. The summed E-state index contributed by atoms with van der Waals surface area (Å²) < 4.78 is 5.33. The molecule has 6 heterocycles. The van der Waals surface area contributed by atoms with Crippen LogP contribution in [-0.2, 0) is 5.41 Å². The van der Waals surface area contributed by atoms with Gasteiger partial charge in [-0.25, -0.2) is 0 Å². The van der Waals surface area contributed by atoms with Crippen LogP contribution < -0.4 is 41.7 Å². The molecule has 0 bridgehead atoms. The maximum absolute atomic E-state index is 2.66. The second-order valence-corrected chi connectivity index (χ2v) is 21.9. The molecular formula is C71H44B2N2. The minimum atomic E-state index is -1.49. The van der Waals surface area contributed by atoms with Crippen molar-refractivity contribution < 1.29 is 8.96 Å². The monoisotopic (exact) mass is 946 g/mol. The van der Waals surface area contributed by atoms with Crippen LogP contribution in [0.25, 0.3) is 89.3 Å². The van der Waals surface area contributed by atoms with Gasteiger partial charge in [-0.1, -0.05) is 218 Å². The Kier molecular flexibility index (Phi) is 7.50. The van der Waals surface area contributed by atoms with E-state index in [1.165, 1.54) is 144 Å². The number of benzene rings is 10. The van der Waals surface area contributed by atoms with Crippen LogP contribution in [0.1, 0.15) is 22.3 Å². The minimum Gasteiger partial charge on any atom is -0.408 e. The summed E-state index contributed by atoms with van der Waals surface area (Å²) in [6.45, 7) is 0. The standard InChI is InChI=1S/C71H44B2N2/c1-9-25-59-49(17-1)50-18-2-10-26-60(50)71(59)61-41-45(47-35-39-69-57-23-7-15-31-67(57)72(74(69)43-47)63-27-11-3-19-53(63)54-20-4-12-28-64(54)72)33-37-51(61)52-38-34-46(42-62(52)71)48-36-40-70-58-24-8-16-32-68(58)73(75(70)44-48)65-29-13-5-21-55(65)56-22-6-14-30-66(56)73/h1-44H. The molecule has 10 aromatic carbocycles. The van der Waals surface area contributed by atoms with Gasteiger partial charge in [-0.3, -0.25) is 0 Å². The normalized spacial score (nSPS) is 15.3. The number of hydrogen-bond donors (Lipinski definition) is 0. The first-order valence-corrected chi connectivity index (χ1v) is 26.7. The topological polar surface area (TPSA) is 7.76 Å². The fourth-order valence-electron chi connectivity index (χ4n) is 16.5. The molecule has 2 aliphatic carbocycles. The second kappa shape index (κ2) is 14.0. The highest BCUT2D eigenvalue weighted by molar-refractivity contribution is 7.10. The zero-order valence-corrected chi connectivity index (χ0v) is 41.0. The summed E-state index contributed by atoms with van der Waals surface area (Å²) in [4.78, 5) is 0. The maximum atomic E-state index is 2.66. The molecule has 12 aromatic rings. The largest absolute Gasteiger partial charge is 0.408 e. The predicted octanol–water partition coefficient (Wildman–Crippen LogP) is 10.9. The summed E-state index contributed by atoms with van der Waals surface area (Å²) in [5, 5.41) is 0. The third-order valence-electron chi connectivity index (χ3n) is 19.1. The van der Waals surface area contributed by atoms with Crippen LogP contribution >= 0.6 is 0 Å². The molecule has 0 radical (unpaired) electrons. The molecule has 3 spiro atoms. The van der Waals surface area contributed by atoms with Crippen molar-refractivity contribution in [2.45, 2.75) is 5.41 Å². The molecule has 4 aliphatic heterocycles. The van der Waals surface area contributed by atoms with Gasteiger partial charge in [-0.15, -0.1) is 32.8 Å². The maximum Gasteiger partial charge on any atom is 0.362 e. The molecule has 0 fully saturated rings. The van der Waals surface area contributed by atoms with Crippen molar-refractivity contribution in [1.29, 1.82) is 0 Å². The highest BCUT2D eigenvalue weighted by Gasteiger charge is 2.57. The minimum absolute atomic E-state index is 0.535. The zero-order valence-electron chi connectivity index (χ0n) is 41.0. The number of hydrogen-bond acceptors (Lipinski definition) is 0. The number of rotatable bonds is 2. The van der Waals surface area contributed by atoms with Crippen molar-refractivity contribution in [3.63, 3.8) is 0 Å². The smallest absolute Gasteiger partial charge is 0.362 e. The molecule has 0 saturated carbocycles. The highest BCUT2D eigenvalue weighted by atomic mass is 15.0. The van der Waals surface area contributed by atoms with Crippen molar-refractivity contribution in [2.24, 2.45) is 0 Å². The molecule has 0 atom stereocenters. The number of pyridine rings is 2. The summed E-state index contributed by atoms with van der Waals surface area (Å²) in [5.41, 5.74) is 33.8. The third-order valence-corrected chi connectivity index (χ3v) is 19.1. The van der Waals surface area contributed by atoms with Gasteiger partial charge in [0.2, 0.25) is 0 Å². The number of nitrogens with zero attached hydrogens (tertiary/aromatic N) is 2. The first-order valence-electron chi connectivity index (χ1n) is 26.7. The Morgan fingerprint density at radius 3 is 0.880 bits per heavy atom. The Morgan fingerprint density at radius 1 is 0.227 bits per heavy atom. The van der Waals surface area contributed by atoms with Crippen LogP contribution in [0.2, 0.25) is 0 Å². The van der Waals surface area contributed by atoms with Crippen LogP contribution in [0.5, 0.6) is 0 Å². The fourth-order valence-corrected chi connectivity index (χ4v) is 16.5. The lowest BCUT2D eigenvalue weighted by atomic mass is 9.26. The van der Waals surface area contributed by atoms with Gasteiger partial charge in [0.05, 0.1) is 5.41 Å². The zero-order chi connectivity index (χ0) is 48.8. The average molecular weight is 947 g/mol. The molecule has 75 heavy (non-hydrogen) atoms. The van der Waals surface area contributed by atoms with E-state index in [2.05, 4.69) is 276 Å². The van der Waals surface area contributed by atoms with E-state index in [1.54, 1.807) is 0 Å². The van der Waals surface area contributed by atoms with Gasteiger partial charge in [0.15, 0.2) is 11.4 Å². The van der Waals surface area contributed by atoms with Crippen LogP contribution in [0.3, 0.4) is 0 Å². The molecule has 0 unspecified atom stereocenters. The molecule has 2 aromatic heterocycles. The van der Waals surface area contributed by atoms with Crippen molar-refractivity contribution in [3.05, 3.63) is 289 Å². The second-order valence-electron chi connectivity index (χ2n) is 21.9. The highest BCUT2D eigenvalue weighted by Crippen LogP contribution is 2.63. The first-order chi connectivity index (χ1) is 37.2. The Balaban J connectivity index is 0.850. The lowest BCUT2D eigenvalue weighted by Crippen LogP contribution is -2.81. The molecule has 0 amide bonds. The van der Waals surface area contributed by atoms with E-state index in [1.807, 2.05) is 0 Å². The van der Waals surface area contributed by atoms with Gasteiger partial charge in [0, 0.05) is 34.4 Å². The first kappa shape index (κ1) is 40.2. The van der Waals surface area contributed by atoms with E-state index in [0.29, 0.717) is 0 Å². The molecule has 6 aliphatic rings. The van der Waals surface area contributed by atoms with E-state index >= 15 is 0 Å². The molecule has 2 nitrogen and oxygen atoms in total. The molecule has 344 valence electrons. The lowest BCUT2D eigenvalue weighted by Gasteiger charge is -2.31. The third kappa shape index (κ3) is 4.61. The molecule has 4 heteroatoms. The van der Waals surface area contributed by atoms with Gasteiger partial charge in [-0.2, -0.15) is 0 Å². The Morgan fingerprint density at radius 2 is 0.507 bits per heavy atom. The SMILES string of the molecule is c1ccc2c(c1)-c1ccccc1[B-]21c2ccccc2-c2ccc(-c3ccc4c(c3)C3(c5ccccc5-c5ccccc53)c3cc(-c5ccc6[n+](c5)[B-]5(c7ccccc7-c7ccccc75)c5ccccc5-6)ccc3-4)c[n+]21. The van der Waals surface area contributed by atoms with E-state index in [9.17, 15) is 0 Å². The van der Waals surface area contributed by atoms with E-state index < -0.39 is 18.0 Å². The fraction of sp³-hybridized carbons (Fsp3) is 0.0141. The quantitative estimate of drug-likeness (QED) is 0.153. The van der Waals surface area contributed by atoms with E-state index in [-0.39, 0.29) is 0 Å². The van der Waals surface area contributed by atoms with E-state index in [0.717, 1.165) is 0 Å². The predicted molar refractivity (Wildman–Crippen MR) is 309 cm³/mol. The summed E-state index contributed by atoms with van der Waals surface area (Å²) in [7, 11) is 0. The molecule has 0 N–H and O–H groups in total. The van der Waals surface area contributed by atoms with Crippen LogP contribution in [0.15, 0.2) is 267 Å². The van der Waals surface area contributed by atoms with Gasteiger partial charge in [0.1, 0.15) is 12.4 Å². The summed E-state index contributed by atoms with van der Waals surface area (Å²) in [6, 6.07) is 97.5. The summed E-state index contributed by atoms with van der Waals surface area (Å²) >= 11 is 0. The van der Waals surface area contributed by atoms with Gasteiger partial charge >= 0.3 is 12.6 Å². The van der Waals surface area contributed by atoms with Crippen LogP contribution in [-0.4, -0.2) is 12.6 Å². The number of aromatic nitrogens is 2. The molecular weight excluding hydrogens is 902 g/mol. The van der Waals surface area contributed by atoms with Crippen LogP contribution in [0, 0.1) is 0 Å². The van der Waals surface area contributed by atoms with Gasteiger partial charge in [0.25, 0.3) is 0 Å². The Labute approximate surface area is 436 Å². The van der Waals surface area contributed by atoms with Crippen molar-refractivity contribution in [2.75, 3.05) is 0 Å². The Hall–Kier alpha value is -9.37. The Bertz CT molecular complexity index is 4170. The van der Waals surface area contributed by atoms with Crippen molar-refractivity contribution in [3.8, 4) is 89.3 Å². The van der Waals surface area contributed by atoms with Crippen LogP contribution in [0.4, 0.5) is 0 Å². The summed E-state index contributed by atoms with van der Waals surface area (Å²) in [5.74, 6) is 0. The lowest BCUT2D eigenvalue weighted by molar-refractivity contribution is -0.523.